The standard InChI is InChI=1S/C18H19BrF3N3O3/c1-24-9-23-16-13(19)6-12(7-14(16)24)27-11-4-2-10(3-5-11)25-8-15(18(20,21)22)28-17(25)26/h6-7,9-11,15H,2-5,8H2,1H3/t10-,11+,15?. The number of amides is 1. The Bertz CT molecular complexity index is 893. The van der Waals surface area contributed by atoms with Gasteiger partial charge in [0.25, 0.3) is 0 Å². The van der Waals surface area contributed by atoms with Crippen molar-refractivity contribution in [3.8, 4) is 5.75 Å². The van der Waals surface area contributed by atoms with Crippen LogP contribution in [0.4, 0.5) is 18.0 Å². The molecule has 6 nitrogen and oxygen atoms in total. The van der Waals surface area contributed by atoms with Gasteiger partial charge in [0.05, 0.1) is 24.5 Å². The van der Waals surface area contributed by atoms with Crippen LogP contribution in [0.2, 0.25) is 0 Å². The summed E-state index contributed by atoms with van der Waals surface area (Å²) in [4.78, 5) is 17.4. The second-order valence-electron chi connectivity index (χ2n) is 7.24. The molecule has 1 aliphatic carbocycles. The molecule has 1 atom stereocenters. The first-order valence-corrected chi connectivity index (χ1v) is 9.83. The highest BCUT2D eigenvalue weighted by atomic mass is 79.9. The Morgan fingerprint density at radius 1 is 1.25 bits per heavy atom. The summed E-state index contributed by atoms with van der Waals surface area (Å²) in [6.07, 6.45) is -3.27. The van der Waals surface area contributed by atoms with E-state index in [0.29, 0.717) is 31.4 Å². The molecule has 1 aromatic heterocycles. The van der Waals surface area contributed by atoms with E-state index in [1.807, 2.05) is 23.7 Å². The van der Waals surface area contributed by atoms with Gasteiger partial charge >= 0.3 is 12.3 Å². The van der Waals surface area contributed by atoms with Crippen LogP contribution in [0.1, 0.15) is 25.7 Å². The van der Waals surface area contributed by atoms with Crippen molar-refractivity contribution >= 4 is 33.1 Å². The molecule has 2 fully saturated rings. The van der Waals surface area contributed by atoms with Gasteiger partial charge in [-0.25, -0.2) is 9.78 Å². The number of hydrogen-bond donors (Lipinski definition) is 0. The van der Waals surface area contributed by atoms with E-state index in [2.05, 4.69) is 25.7 Å². The van der Waals surface area contributed by atoms with Crippen LogP contribution in [-0.4, -0.2) is 51.5 Å². The number of hydrogen-bond acceptors (Lipinski definition) is 4. The molecule has 1 aliphatic heterocycles. The zero-order valence-corrected chi connectivity index (χ0v) is 16.7. The molecule has 0 radical (unpaired) electrons. The molecule has 0 spiro atoms. The summed E-state index contributed by atoms with van der Waals surface area (Å²) in [7, 11) is 1.90. The number of cyclic esters (lactones) is 1. The minimum absolute atomic E-state index is 0.0501. The van der Waals surface area contributed by atoms with Crippen molar-refractivity contribution in [3.05, 3.63) is 22.9 Å². The van der Waals surface area contributed by atoms with E-state index in [0.717, 1.165) is 15.5 Å². The summed E-state index contributed by atoms with van der Waals surface area (Å²) in [6.45, 7) is -0.428. The molecule has 1 saturated heterocycles. The summed E-state index contributed by atoms with van der Waals surface area (Å²) in [5.74, 6) is 0.712. The summed E-state index contributed by atoms with van der Waals surface area (Å²) in [6, 6.07) is 3.55. The molecule has 0 N–H and O–H groups in total. The maximum atomic E-state index is 12.8. The van der Waals surface area contributed by atoms with Gasteiger partial charge in [-0.1, -0.05) is 0 Å². The average Bonchev–Trinajstić information content (AvgIpc) is 3.20. The number of carbonyl (C=O) groups is 1. The number of aryl methyl sites for hydroxylation is 1. The van der Waals surface area contributed by atoms with Crippen LogP contribution in [-0.2, 0) is 11.8 Å². The van der Waals surface area contributed by atoms with Crippen LogP contribution in [0.15, 0.2) is 22.9 Å². The summed E-state index contributed by atoms with van der Waals surface area (Å²) in [5, 5.41) is 0. The Balaban J connectivity index is 1.37. The smallest absolute Gasteiger partial charge is 0.427 e. The molecular weight excluding hydrogens is 443 g/mol. The first-order valence-electron chi connectivity index (χ1n) is 9.03. The second kappa shape index (κ2) is 7.13. The molecule has 1 saturated carbocycles. The van der Waals surface area contributed by atoms with E-state index in [1.54, 1.807) is 6.33 Å². The Morgan fingerprint density at radius 3 is 2.61 bits per heavy atom. The molecular formula is C18H19BrF3N3O3. The second-order valence-corrected chi connectivity index (χ2v) is 8.10. The van der Waals surface area contributed by atoms with Gasteiger partial charge in [0.15, 0.2) is 0 Å². The predicted molar refractivity (Wildman–Crippen MR) is 98.1 cm³/mol. The van der Waals surface area contributed by atoms with E-state index in [9.17, 15) is 18.0 Å². The van der Waals surface area contributed by atoms with E-state index in [-0.39, 0.29) is 12.1 Å². The lowest BCUT2D eigenvalue weighted by Gasteiger charge is -2.33. The van der Waals surface area contributed by atoms with Gasteiger partial charge in [-0.15, -0.1) is 0 Å². The minimum Gasteiger partial charge on any atom is -0.490 e. The van der Waals surface area contributed by atoms with Gasteiger partial charge in [-0.05, 0) is 47.7 Å². The van der Waals surface area contributed by atoms with Crippen LogP contribution >= 0.6 is 15.9 Å². The van der Waals surface area contributed by atoms with Crippen LogP contribution in [0.25, 0.3) is 11.0 Å². The van der Waals surface area contributed by atoms with E-state index < -0.39 is 24.9 Å². The van der Waals surface area contributed by atoms with Crippen LogP contribution in [0.5, 0.6) is 5.75 Å². The lowest BCUT2D eigenvalue weighted by molar-refractivity contribution is -0.192. The van der Waals surface area contributed by atoms with Crippen molar-refractivity contribution in [2.24, 2.45) is 7.05 Å². The number of nitrogens with zero attached hydrogens (tertiary/aromatic N) is 3. The fourth-order valence-corrected chi connectivity index (χ4v) is 4.38. The van der Waals surface area contributed by atoms with Gasteiger partial charge in [0.1, 0.15) is 11.3 Å². The lowest BCUT2D eigenvalue weighted by atomic mass is 9.92. The average molecular weight is 462 g/mol. The van der Waals surface area contributed by atoms with Gasteiger partial charge in [0, 0.05) is 23.6 Å². The number of alkyl halides is 3. The molecule has 1 unspecified atom stereocenters. The molecule has 4 rings (SSSR count). The molecule has 2 aromatic rings. The normalized spacial score (nSPS) is 26.0. The molecule has 28 heavy (non-hydrogen) atoms. The maximum absolute atomic E-state index is 12.8. The van der Waals surface area contributed by atoms with Gasteiger partial charge in [-0.2, -0.15) is 13.2 Å². The van der Waals surface area contributed by atoms with Crippen LogP contribution in [0, 0.1) is 0 Å². The summed E-state index contributed by atoms with van der Waals surface area (Å²) in [5.41, 5.74) is 1.79. The largest absolute Gasteiger partial charge is 0.490 e. The fourth-order valence-electron chi connectivity index (χ4n) is 3.85. The molecule has 2 heterocycles. The Hall–Kier alpha value is -1.97. The quantitative estimate of drug-likeness (QED) is 0.679. The zero-order valence-electron chi connectivity index (χ0n) is 15.1. The highest BCUT2D eigenvalue weighted by Crippen LogP contribution is 2.35. The fraction of sp³-hybridized carbons (Fsp3) is 0.556. The summed E-state index contributed by atoms with van der Waals surface area (Å²) < 4.78 is 51.7. The van der Waals surface area contributed by atoms with Crippen molar-refractivity contribution in [2.75, 3.05) is 6.54 Å². The maximum Gasteiger partial charge on any atom is 0.427 e. The minimum atomic E-state index is -4.53. The van der Waals surface area contributed by atoms with E-state index in [4.69, 9.17) is 4.74 Å². The zero-order chi connectivity index (χ0) is 20.1. The van der Waals surface area contributed by atoms with E-state index >= 15 is 0 Å². The third-order valence-electron chi connectivity index (χ3n) is 5.35. The number of ether oxygens (including phenoxy) is 2. The number of rotatable bonds is 3. The van der Waals surface area contributed by atoms with E-state index in [1.165, 1.54) is 4.90 Å². The monoisotopic (exact) mass is 461 g/mol. The first-order chi connectivity index (χ1) is 13.2. The third-order valence-corrected chi connectivity index (χ3v) is 5.95. The van der Waals surface area contributed by atoms with Gasteiger partial charge in [-0.3, -0.25) is 0 Å². The highest BCUT2D eigenvalue weighted by molar-refractivity contribution is 9.10. The molecule has 152 valence electrons. The van der Waals surface area contributed by atoms with Crippen molar-refractivity contribution in [3.63, 3.8) is 0 Å². The molecule has 1 amide bonds. The SMILES string of the molecule is Cn1cnc2c(Br)cc(O[C@H]3CC[C@@H](N4CC(C(F)(F)F)OC4=O)CC3)cc21. The van der Waals surface area contributed by atoms with Crippen molar-refractivity contribution in [1.29, 1.82) is 0 Å². The number of benzene rings is 1. The Labute approximate surface area is 167 Å². The van der Waals surface area contributed by atoms with Crippen molar-refractivity contribution in [2.45, 2.75) is 50.1 Å². The number of halogens is 4. The highest BCUT2D eigenvalue weighted by Gasteiger charge is 2.51. The van der Waals surface area contributed by atoms with Crippen molar-refractivity contribution in [1.82, 2.24) is 14.5 Å². The number of fused-ring (bicyclic) bond motifs is 1. The number of imidazole rings is 1. The molecule has 10 heteroatoms. The Kier molecular flexibility index (Phi) is 4.93. The van der Waals surface area contributed by atoms with Crippen LogP contribution in [0.3, 0.4) is 0 Å². The van der Waals surface area contributed by atoms with Crippen molar-refractivity contribution < 1.29 is 27.4 Å². The molecule has 0 bridgehead atoms. The topological polar surface area (TPSA) is 56.6 Å². The van der Waals surface area contributed by atoms with Gasteiger partial charge in [0.2, 0.25) is 6.10 Å². The van der Waals surface area contributed by atoms with Crippen LogP contribution < -0.4 is 4.74 Å². The molecule has 1 aromatic carbocycles. The summed E-state index contributed by atoms with van der Waals surface area (Å²) >= 11 is 3.50. The lowest BCUT2D eigenvalue weighted by Crippen LogP contribution is -2.42. The Morgan fingerprint density at radius 2 is 1.96 bits per heavy atom. The van der Waals surface area contributed by atoms with Gasteiger partial charge < -0.3 is 18.9 Å². The number of carbonyl (C=O) groups excluding carboxylic acids is 1. The predicted octanol–water partition coefficient (Wildman–Crippen LogP) is 4.41. The first kappa shape index (κ1) is 19.4. The number of aromatic nitrogens is 2. The third kappa shape index (κ3) is 3.66. The molecule has 2 aliphatic rings.